The number of nitrogens with zero attached hydrogens (tertiary/aromatic N) is 5. The Kier molecular flexibility index (Phi) is 6.47. The van der Waals surface area contributed by atoms with Crippen LogP contribution < -0.4 is 9.64 Å². The molecule has 13 rings (SSSR count). The number of anilines is 2. The van der Waals surface area contributed by atoms with Crippen LogP contribution in [0.2, 0.25) is 0 Å². The fraction of sp³-hybridized carbons (Fsp3) is 0.0784. The van der Waals surface area contributed by atoms with Crippen LogP contribution in [-0.2, 0) is 0 Å². The number of allylic oxidation sites excluding steroid dienone is 4. The smallest absolute Gasteiger partial charge is 0.238 e. The number of aromatic nitrogens is 4. The summed E-state index contributed by atoms with van der Waals surface area (Å²) in [6, 6.07) is 52.8. The van der Waals surface area contributed by atoms with Gasteiger partial charge in [0.1, 0.15) is 22.7 Å². The Morgan fingerprint density at radius 3 is 2.48 bits per heavy atom. The van der Waals surface area contributed by atoms with Crippen LogP contribution in [0.15, 0.2) is 162 Å². The summed E-state index contributed by atoms with van der Waals surface area (Å²) in [4.78, 5) is 18.4. The predicted molar refractivity (Wildman–Crippen MR) is 227 cm³/mol. The summed E-state index contributed by atoms with van der Waals surface area (Å²) in [7, 11) is 0. The molecule has 58 heavy (non-hydrogen) atoms. The minimum absolute atomic E-state index is 0.0875. The Balaban J connectivity index is 1.04. The van der Waals surface area contributed by atoms with E-state index in [0.29, 0.717) is 23.2 Å². The van der Waals surface area contributed by atoms with Gasteiger partial charge in [-0.25, -0.2) is 4.98 Å². The van der Waals surface area contributed by atoms with Crippen molar-refractivity contribution < 1.29 is 9.15 Å². The van der Waals surface area contributed by atoms with E-state index in [2.05, 4.69) is 143 Å². The van der Waals surface area contributed by atoms with Gasteiger partial charge in [0, 0.05) is 45.1 Å². The lowest BCUT2D eigenvalue weighted by Gasteiger charge is -2.31. The SMILES string of the molecule is c1ccc2oc3c(-c4nc(C5=CC[C@H]6C(=C5)Oc5ccccc56)nc(-n5c6c(c7ccccc75)C5c7ccccc7N(c7ccccc7)C5C=C6)n4)cccc3c2c#1. The minimum Gasteiger partial charge on any atom is -0.461 e. The maximum Gasteiger partial charge on any atom is 0.238 e. The van der Waals surface area contributed by atoms with E-state index in [4.69, 9.17) is 24.1 Å². The lowest BCUT2D eigenvalue weighted by Crippen LogP contribution is -2.30. The third-order valence-corrected chi connectivity index (χ3v) is 12.2. The highest BCUT2D eigenvalue weighted by Gasteiger charge is 2.43. The molecule has 272 valence electrons. The van der Waals surface area contributed by atoms with Gasteiger partial charge in [-0.1, -0.05) is 103 Å². The number of hydrogen-bond acceptors (Lipinski definition) is 6. The lowest BCUT2D eigenvalue weighted by atomic mass is 9.82. The van der Waals surface area contributed by atoms with Crippen molar-refractivity contribution in [3.8, 4) is 23.1 Å². The van der Waals surface area contributed by atoms with E-state index in [0.717, 1.165) is 56.6 Å². The maximum atomic E-state index is 6.51. The van der Waals surface area contributed by atoms with E-state index < -0.39 is 0 Å². The van der Waals surface area contributed by atoms with E-state index in [1.165, 1.54) is 33.5 Å². The molecule has 5 heterocycles. The first-order valence-corrected chi connectivity index (χ1v) is 19.7. The molecule has 0 N–H and O–H groups in total. The molecular formula is C51H31N5O2. The average molecular weight is 746 g/mol. The van der Waals surface area contributed by atoms with Gasteiger partial charge in [0.05, 0.1) is 28.2 Å². The Labute approximate surface area is 333 Å². The molecule has 4 aliphatic rings. The van der Waals surface area contributed by atoms with Crippen LogP contribution in [-0.4, -0.2) is 25.6 Å². The molecule has 0 radical (unpaired) electrons. The summed E-state index contributed by atoms with van der Waals surface area (Å²) in [5, 5.41) is 2.99. The van der Waals surface area contributed by atoms with Crippen LogP contribution >= 0.6 is 0 Å². The second-order valence-corrected chi connectivity index (χ2v) is 15.3. The number of furan rings is 1. The van der Waals surface area contributed by atoms with Crippen molar-refractivity contribution in [3.05, 3.63) is 198 Å². The predicted octanol–water partition coefficient (Wildman–Crippen LogP) is 11.5. The second kappa shape index (κ2) is 11.9. The van der Waals surface area contributed by atoms with Crippen molar-refractivity contribution in [2.75, 3.05) is 4.90 Å². The molecule has 7 heteroatoms. The molecule has 0 bridgehead atoms. The Morgan fingerprint density at radius 2 is 1.53 bits per heavy atom. The molecule has 0 saturated carbocycles. The van der Waals surface area contributed by atoms with Gasteiger partial charge < -0.3 is 14.1 Å². The molecule has 3 aromatic heterocycles. The highest BCUT2D eigenvalue weighted by atomic mass is 16.5. The number of hydrogen-bond donors (Lipinski definition) is 0. The van der Waals surface area contributed by atoms with Crippen LogP contribution in [0.3, 0.4) is 0 Å². The third kappa shape index (κ3) is 4.43. The number of fused-ring (bicyclic) bond motifs is 13. The van der Waals surface area contributed by atoms with Gasteiger partial charge in [-0.3, -0.25) is 4.57 Å². The first-order valence-electron chi connectivity index (χ1n) is 19.7. The normalized spacial score (nSPS) is 18.6. The Morgan fingerprint density at radius 1 is 0.724 bits per heavy atom. The van der Waals surface area contributed by atoms with Crippen molar-refractivity contribution in [3.63, 3.8) is 0 Å². The van der Waals surface area contributed by atoms with E-state index >= 15 is 0 Å². The molecule has 2 aliphatic heterocycles. The molecule has 0 fully saturated rings. The zero-order valence-corrected chi connectivity index (χ0v) is 31.0. The lowest BCUT2D eigenvalue weighted by molar-refractivity contribution is 0.426. The van der Waals surface area contributed by atoms with E-state index in [1.54, 1.807) is 0 Å². The standard InChI is InChI=1S/C51H31N5O2/c1-2-13-31(14-3-1)55-39-21-8-4-17-36(39)46-41(55)27-28-42-47(46)37-18-5-9-22-40(37)56(42)51-53-49(30-25-26-34-32-15-6-10-23-43(32)57-45(34)29-30)52-50(54-51)38-20-12-19-35-33-16-7-11-24-44(33)58-48(35)38/h1-6,8-15,17-25,27-29,34,41,46H,26H2/t34-,41?,46?/m1/s1. The number of ether oxygens (including phenoxy) is 1. The average Bonchev–Trinajstić information content (AvgIpc) is 4.04. The molecule has 6 aromatic carbocycles. The summed E-state index contributed by atoms with van der Waals surface area (Å²) in [5.41, 5.74) is 11.4. The van der Waals surface area contributed by atoms with Crippen LogP contribution in [0.25, 0.3) is 61.8 Å². The zero-order valence-electron chi connectivity index (χ0n) is 31.0. The molecule has 3 atom stereocenters. The van der Waals surface area contributed by atoms with Gasteiger partial charge >= 0.3 is 0 Å². The summed E-state index contributed by atoms with van der Waals surface area (Å²) in [6.45, 7) is 0. The Bertz CT molecular complexity index is 3280. The zero-order chi connectivity index (χ0) is 37.9. The molecule has 0 saturated heterocycles. The van der Waals surface area contributed by atoms with E-state index in [1.807, 2.05) is 36.4 Å². The minimum atomic E-state index is 0.0875. The van der Waals surface area contributed by atoms with Crippen molar-refractivity contribution in [2.45, 2.75) is 24.3 Å². The van der Waals surface area contributed by atoms with Gasteiger partial charge in [0.2, 0.25) is 5.95 Å². The molecule has 0 amide bonds. The first-order chi connectivity index (χ1) is 28.8. The molecule has 2 aliphatic carbocycles. The van der Waals surface area contributed by atoms with E-state index in [-0.39, 0.29) is 17.9 Å². The maximum absolute atomic E-state index is 6.51. The van der Waals surface area contributed by atoms with Crippen molar-refractivity contribution in [2.24, 2.45) is 0 Å². The fourth-order valence-corrected chi connectivity index (χ4v) is 9.77. The second-order valence-electron chi connectivity index (χ2n) is 15.3. The third-order valence-electron chi connectivity index (χ3n) is 12.2. The van der Waals surface area contributed by atoms with Crippen molar-refractivity contribution >= 4 is 55.9 Å². The van der Waals surface area contributed by atoms with Crippen molar-refractivity contribution in [1.29, 1.82) is 0 Å². The van der Waals surface area contributed by atoms with E-state index in [9.17, 15) is 0 Å². The number of para-hydroxylation sites is 5. The monoisotopic (exact) mass is 745 g/mol. The van der Waals surface area contributed by atoms with Gasteiger partial charge in [0.15, 0.2) is 11.6 Å². The topological polar surface area (TPSA) is 69.2 Å². The highest BCUT2D eigenvalue weighted by molar-refractivity contribution is 6.08. The van der Waals surface area contributed by atoms with Gasteiger partial charge in [-0.05, 0) is 84.3 Å². The van der Waals surface area contributed by atoms with Crippen LogP contribution in [0.5, 0.6) is 5.75 Å². The van der Waals surface area contributed by atoms with Crippen molar-refractivity contribution in [1.82, 2.24) is 19.5 Å². The summed E-state index contributed by atoms with van der Waals surface area (Å²) in [5.74, 6) is 3.71. The van der Waals surface area contributed by atoms with Crippen LogP contribution in [0.4, 0.5) is 11.4 Å². The van der Waals surface area contributed by atoms with Gasteiger partial charge in [-0.2, -0.15) is 9.97 Å². The Hall–Kier alpha value is -7.69. The quantitative estimate of drug-likeness (QED) is 0.179. The largest absolute Gasteiger partial charge is 0.461 e. The van der Waals surface area contributed by atoms with Gasteiger partial charge in [0.25, 0.3) is 0 Å². The number of benzene rings is 5. The molecule has 2 unspecified atom stereocenters. The first kappa shape index (κ1) is 31.5. The summed E-state index contributed by atoms with van der Waals surface area (Å²) >= 11 is 0. The van der Waals surface area contributed by atoms with Gasteiger partial charge in [-0.15, -0.1) is 0 Å². The number of rotatable bonds is 4. The molecule has 0 spiro atoms. The molecule has 9 aromatic rings. The van der Waals surface area contributed by atoms with Crippen LogP contribution in [0.1, 0.15) is 46.5 Å². The summed E-state index contributed by atoms with van der Waals surface area (Å²) in [6.07, 6.45) is 9.74. The summed E-state index contributed by atoms with van der Waals surface area (Å²) < 4.78 is 15.2. The fourth-order valence-electron chi connectivity index (χ4n) is 9.77. The molecular weight excluding hydrogens is 715 g/mol. The molecule has 7 nitrogen and oxygen atoms in total. The highest BCUT2D eigenvalue weighted by Crippen LogP contribution is 2.54. The van der Waals surface area contributed by atoms with Crippen LogP contribution in [0, 0.1) is 12.1 Å².